The average molecular weight is 418 g/mol. The first-order valence-corrected chi connectivity index (χ1v) is 8.35. The highest BCUT2D eigenvalue weighted by Crippen LogP contribution is 2.39. The molecule has 114 valence electrons. The lowest BCUT2D eigenvalue weighted by Crippen LogP contribution is -2.69. The number of halogens is 2. The molecule has 0 spiro atoms. The van der Waals surface area contributed by atoms with Crippen molar-refractivity contribution in [1.82, 2.24) is 5.32 Å². The van der Waals surface area contributed by atoms with Crippen LogP contribution in [-0.4, -0.2) is 23.4 Å². The fraction of sp³-hybridized carbons (Fsp3) is 0.467. The number of rotatable bonds is 2. The van der Waals surface area contributed by atoms with E-state index < -0.39 is 11.6 Å². The highest BCUT2D eigenvalue weighted by Gasteiger charge is 2.47. The highest BCUT2D eigenvalue weighted by atomic mass is 79.9. The molecule has 1 aliphatic rings. The largest absolute Gasteiger partial charge is 0.340 e. The third-order valence-electron chi connectivity index (χ3n) is 3.55. The zero-order valence-electron chi connectivity index (χ0n) is 12.4. The highest BCUT2D eigenvalue weighted by molar-refractivity contribution is 9.11. The molecule has 6 heteroatoms. The fourth-order valence-corrected chi connectivity index (χ4v) is 3.92. The first-order valence-electron chi connectivity index (χ1n) is 6.76. The minimum atomic E-state index is -0.919. The van der Waals surface area contributed by atoms with Gasteiger partial charge in [-0.05, 0) is 63.8 Å². The van der Waals surface area contributed by atoms with Crippen molar-refractivity contribution in [3.05, 3.63) is 27.1 Å². The summed E-state index contributed by atoms with van der Waals surface area (Å²) in [5.74, 6) is -0.241. The van der Waals surface area contributed by atoms with Gasteiger partial charge in [-0.25, -0.2) is 0 Å². The van der Waals surface area contributed by atoms with Gasteiger partial charge in [0.25, 0.3) is 5.91 Å². The predicted molar refractivity (Wildman–Crippen MR) is 90.2 cm³/mol. The van der Waals surface area contributed by atoms with Crippen LogP contribution in [0.25, 0.3) is 0 Å². The summed E-state index contributed by atoms with van der Waals surface area (Å²) < 4.78 is 1.56. The molecule has 4 nitrogen and oxygen atoms in total. The van der Waals surface area contributed by atoms with Gasteiger partial charge < -0.3 is 5.32 Å². The molecule has 2 rings (SSSR count). The molecule has 1 unspecified atom stereocenters. The Labute approximate surface area is 141 Å². The monoisotopic (exact) mass is 416 g/mol. The van der Waals surface area contributed by atoms with E-state index in [0.29, 0.717) is 5.69 Å². The van der Waals surface area contributed by atoms with Crippen molar-refractivity contribution in [3.8, 4) is 0 Å². The van der Waals surface area contributed by atoms with Crippen molar-refractivity contribution >= 4 is 49.4 Å². The van der Waals surface area contributed by atoms with Crippen molar-refractivity contribution < 1.29 is 9.59 Å². The number of benzene rings is 1. The van der Waals surface area contributed by atoms with Gasteiger partial charge >= 0.3 is 0 Å². The van der Waals surface area contributed by atoms with Crippen LogP contribution in [0.4, 0.5) is 5.69 Å². The number of hydrogen-bond donors (Lipinski definition) is 1. The van der Waals surface area contributed by atoms with Gasteiger partial charge in [0.1, 0.15) is 11.6 Å². The van der Waals surface area contributed by atoms with Gasteiger partial charge in [-0.1, -0.05) is 19.9 Å². The smallest absolute Gasteiger partial charge is 0.252 e. The number of carbonyl (C=O) groups excluding carboxylic acids is 2. The molecule has 1 atom stereocenters. The summed E-state index contributed by atoms with van der Waals surface area (Å²) in [7, 11) is 0. The molecule has 1 fully saturated rings. The Morgan fingerprint density at radius 1 is 1.19 bits per heavy atom. The number of nitrogens with one attached hydrogen (secondary N) is 1. The van der Waals surface area contributed by atoms with E-state index in [2.05, 4.69) is 37.2 Å². The zero-order valence-corrected chi connectivity index (χ0v) is 15.6. The third-order valence-corrected chi connectivity index (χ3v) is 4.83. The summed E-state index contributed by atoms with van der Waals surface area (Å²) in [5.41, 5.74) is -0.221. The first kappa shape index (κ1) is 16.5. The second-order valence-corrected chi connectivity index (χ2v) is 7.76. The predicted octanol–water partition coefficient (Wildman–Crippen LogP) is 3.48. The van der Waals surface area contributed by atoms with E-state index >= 15 is 0 Å². The molecule has 0 aliphatic carbocycles. The standard InChI is InChI=1S/C15H18Br2N2O2/c1-8(2)11-13(20)18-15(3,4)14(21)19(11)12-9(16)6-5-7-10(12)17/h5-8,11H,1-4H3,(H,18,20). The molecule has 1 aromatic carbocycles. The molecule has 1 aliphatic heterocycles. The molecule has 21 heavy (non-hydrogen) atoms. The van der Waals surface area contributed by atoms with Gasteiger partial charge in [-0.2, -0.15) is 0 Å². The van der Waals surface area contributed by atoms with Crippen LogP contribution in [-0.2, 0) is 9.59 Å². The van der Waals surface area contributed by atoms with Crippen LogP contribution in [0.3, 0.4) is 0 Å². The minimum absolute atomic E-state index is 0.00376. The van der Waals surface area contributed by atoms with Crippen LogP contribution in [0.15, 0.2) is 27.1 Å². The zero-order chi connectivity index (χ0) is 15.9. The maximum atomic E-state index is 12.9. The number of para-hydroxylation sites is 1. The molecule has 1 aromatic rings. The Morgan fingerprint density at radius 3 is 2.19 bits per heavy atom. The van der Waals surface area contributed by atoms with E-state index in [-0.39, 0.29) is 17.7 Å². The van der Waals surface area contributed by atoms with Crippen LogP contribution in [0, 0.1) is 5.92 Å². The first-order chi connectivity index (χ1) is 9.66. The summed E-state index contributed by atoms with van der Waals surface area (Å²) >= 11 is 6.98. The van der Waals surface area contributed by atoms with Crippen LogP contribution in [0.2, 0.25) is 0 Å². The second kappa shape index (κ2) is 5.72. The Morgan fingerprint density at radius 2 is 1.71 bits per heavy atom. The lowest BCUT2D eigenvalue weighted by molar-refractivity contribution is -0.138. The van der Waals surface area contributed by atoms with Crippen molar-refractivity contribution in [1.29, 1.82) is 0 Å². The molecule has 0 bridgehead atoms. The van der Waals surface area contributed by atoms with Gasteiger partial charge in [0, 0.05) is 8.95 Å². The molecule has 1 saturated heterocycles. The minimum Gasteiger partial charge on any atom is -0.340 e. The van der Waals surface area contributed by atoms with E-state index in [9.17, 15) is 9.59 Å². The number of piperazine rings is 1. The third kappa shape index (κ3) is 2.88. The molecular weight excluding hydrogens is 400 g/mol. The number of amides is 2. The van der Waals surface area contributed by atoms with Crippen molar-refractivity contribution in [3.63, 3.8) is 0 Å². The summed E-state index contributed by atoms with van der Waals surface area (Å²) in [5, 5.41) is 2.81. The van der Waals surface area contributed by atoms with E-state index in [1.807, 2.05) is 32.0 Å². The molecule has 2 amide bonds. The maximum Gasteiger partial charge on any atom is 0.252 e. The maximum absolute atomic E-state index is 12.9. The molecule has 0 saturated carbocycles. The van der Waals surface area contributed by atoms with Crippen LogP contribution >= 0.6 is 31.9 Å². The summed E-state index contributed by atoms with van der Waals surface area (Å²) in [6.07, 6.45) is 0. The Bertz CT molecular complexity index is 579. The van der Waals surface area contributed by atoms with Crippen molar-refractivity contribution in [2.75, 3.05) is 4.90 Å². The van der Waals surface area contributed by atoms with Crippen LogP contribution in [0.5, 0.6) is 0 Å². The van der Waals surface area contributed by atoms with E-state index in [0.717, 1.165) is 8.95 Å². The molecule has 1 N–H and O–H groups in total. The summed E-state index contributed by atoms with van der Waals surface area (Å²) in [4.78, 5) is 27.0. The van der Waals surface area contributed by atoms with E-state index in [1.54, 1.807) is 18.7 Å². The lowest BCUT2D eigenvalue weighted by Gasteiger charge is -2.44. The molecule has 1 heterocycles. The number of nitrogens with zero attached hydrogens (tertiary/aromatic N) is 1. The normalized spacial score (nSPS) is 21.7. The van der Waals surface area contributed by atoms with Gasteiger partial charge in [0.15, 0.2) is 0 Å². The summed E-state index contributed by atoms with van der Waals surface area (Å²) in [6, 6.07) is 5.08. The van der Waals surface area contributed by atoms with Gasteiger partial charge in [0.05, 0.1) is 5.69 Å². The van der Waals surface area contributed by atoms with Crippen molar-refractivity contribution in [2.45, 2.75) is 39.3 Å². The molecular formula is C15H18Br2N2O2. The van der Waals surface area contributed by atoms with Gasteiger partial charge in [-0.3, -0.25) is 14.5 Å². The Hall–Kier alpha value is -0.880. The van der Waals surface area contributed by atoms with Crippen LogP contribution in [0.1, 0.15) is 27.7 Å². The fourth-order valence-electron chi connectivity index (χ4n) is 2.54. The average Bonchev–Trinajstić information content (AvgIpc) is 2.33. The number of hydrogen-bond acceptors (Lipinski definition) is 2. The van der Waals surface area contributed by atoms with E-state index in [4.69, 9.17) is 0 Å². The van der Waals surface area contributed by atoms with Gasteiger partial charge in [-0.15, -0.1) is 0 Å². The quantitative estimate of drug-likeness (QED) is 0.800. The summed E-state index contributed by atoms with van der Waals surface area (Å²) in [6.45, 7) is 7.32. The Balaban J connectivity index is 2.64. The topological polar surface area (TPSA) is 49.4 Å². The second-order valence-electron chi connectivity index (χ2n) is 6.05. The molecule has 0 radical (unpaired) electrons. The number of carbonyl (C=O) groups is 2. The Kier molecular flexibility index (Phi) is 4.49. The molecule has 0 aromatic heterocycles. The lowest BCUT2D eigenvalue weighted by atomic mass is 9.91. The van der Waals surface area contributed by atoms with Gasteiger partial charge in [0.2, 0.25) is 5.91 Å². The number of anilines is 1. The van der Waals surface area contributed by atoms with Crippen LogP contribution < -0.4 is 10.2 Å². The van der Waals surface area contributed by atoms with Crippen molar-refractivity contribution in [2.24, 2.45) is 5.92 Å². The van der Waals surface area contributed by atoms with E-state index in [1.165, 1.54) is 0 Å². The SMILES string of the molecule is CC(C)C1C(=O)NC(C)(C)C(=O)N1c1c(Br)cccc1Br.